The van der Waals surface area contributed by atoms with Crippen LogP contribution in [0.1, 0.15) is 5.56 Å². The normalized spacial score (nSPS) is 9.64. The monoisotopic (exact) mass is 154 g/mol. The quantitative estimate of drug-likeness (QED) is 0.609. The summed E-state index contributed by atoms with van der Waals surface area (Å²) in [7, 11) is 0. The molecule has 0 aliphatic rings. The first-order valence-electron chi connectivity index (χ1n) is 3.10. The van der Waals surface area contributed by atoms with Crippen molar-refractivity contribution >= 4 is 0 Å². The molecule has 0 spiro atoms. The zero-order chi connectivity index (χ0) is 8.43. The molecule has 0 radical (unpaired) electrons. The SMILES string of the molecule is Cc1ccc(O)c(=O)c(F)c1. The van der Waals surface area contributed by atoms with Crippen molar-refractivity contribution in [3.05, 3.63) is 39.8 Å². The van der Waals surface area contributed by atoms with Crippen molar-refractivity contribution in [2.24, 2.45) is 0 Å². The molecule has 1 aromatic rings. The predicted octanol–water partition coefficient (Wildman–Crippen LogP) is 1.20. The first kappa shape index (κ1) is 7.72. The number of rotatable bonds is 0. The summed E-state index contributed by atoms with van der Waals surface area (Å²) in [5.74, 6) is -1.49. The topological polar surface area (TPSA) is 37.3 Å². The maximum Gasteiger partial charge on any atom is 0.255 e. The fourth-order valence-corrected chi connectivity index (χ4v) is 0.722. The van der Waals surface area contributed by atoms with E-state index in [1.165, 1.54) is 12.1 Å². The molecule has 0 aliphatic heterocycles. The highest BCUT2D eigenvalue weighted by Crippen LogP contribution is 2.02. The van der Waals surface area contributed by atoms with Crippen molar-refractivity contribution in [3.63, 3.8) is 0 Å². The third-order valence-corrected chi connectivity index (χ3v) is 1.31. The molecule has 0 saturated carbocycles. The van der Waals surface area contributed by atoms with Gasteiger partial charge in [0.1, 0.15) is 0 Å². The molecule has 2 nitrogen and oxygen atoms in total. The second-order valence-corrected chi connectivity index (χ2v) is 2.28. The van der Waals surface area contributed by atoms with Gasteiger partial charge in [0.05, 0.1) is 0 Å². The van der Waals surface area contributed by atoms with Crippen molar-refractivity contribution in [1.29, 1.82) is 0 Å². The number of aryl methyl sites for hydroxylation is 1. The first-order valence-corrected chi connectivity index (χ1v) is 3.10. The number of aromatic hydroxyl groups is 1. The third kappa shape index (κ3) is 1.55. The van der Waals surface area contributed by atoms with E-state index < -0.39 is 17.0 Å². The van der Waals surface area contributed by atoms with Crippen molar-refractivity contribution in [3.8, 4) is 5.75 Å². The van der Waals surface area contributed by atoms with Crippen LogP contribution >= 0.6 is 0 Å². The lowest BCUT2D eigenvalue weighted by Crippen LogP contribution is -2.00. The van der Waals surface area contributed by atoms with E-state index in [0.29, 0.717) is 5.56 Å². The standard InChI is InChI=1S/C8H7FO2/c1-5-2-3-7(10)8(11)6(9)4-5/h2-4H,1H3,(H,10,11). The Balaban J connectivity index is 3.57. The Morgan fingerprint density at radius 1 is 1.45 bits per heavy atom. The van der Waals surface area contributed by atoms with E-state index in [1.807, 2.05) is 0 Å². The molecule has 0 amide bonds. The van der Waals surface area contributed by atoms with Crippen LogP contribution in [0.3, 0.4) is 0 Å². The average molecular weight is 154 g/mol. The Bertz CT molecular complexity index is 333. The van der Waals surface area contributed by atoms with Gasteiger partial charge in [0, 0.05) is 0 Å². The molecule has 1 rings (SSSR count). The van der Waals surface area contributed by atoms with Crippen LogP contribution in [0, 0.1) is 12.7 Å². The van der Waals surface area contributed by atoms with Gasteiger partial charge in [0.15, 0.2) is 11.6 Å². The second kappa shape index (κ2) is 2.70. The lowest BCUT2D eigenvalue weighted by Gasteiger charge is -1.78. The van der Waals surface area contributed by atoms with Gasteiger partial charge in [-0.15, -0.1) is 0 Å². The Labute approximate surface area is 62.9 Å². The lowest BCUT2D eigenvalue weighted by atomic mass is 10.3. The second-order valence-electron chi connectivity index (χ2n) is 2.28. The van der Waals surface area contributed by atoms with Gasteiger partial charge in [-0.3, -0.25) is 4.79 Å². The Kier molecular flexibility index (Phi) is 1.89. The molecule has 3 heteroatoms. The van der Waals surface area contributed by atoms with Gasteiger partial charge in [0.25, 0.3) is 5.43 Å². The van der Waals surface area contributed by atoms with Gasteiger partial charge in [0.2, 0.25) is 0 Å². The van der Waals surface area contributed by atoms with Crippen LogP contribution in [0.2, 0.25) is 0 Å². The molecule has 58 valence electrons. The van der Waals surface area contributed by atoms with Gasteiger partial charge >= 0.3 is 0 Å². The van der Waals surface area contributed by atoms with Gasteiger partial charge in [-0.1, -0.05) is 6.07 Å². The van der Waals surface area contributed by atoms with Crippen LogP contribution in [-0.2, 0) is 0 Å². The van der Waals surface area contributed by atoms with E-state index in [0.717, 1.165) is 6.07 Å². The third-order valence-electron chi connectivity index (χ3n) is 1.31. The molecule has 0 saturated heterocycles. The Morgan fingerprint density at radius 3 is 2.73 bits per heavy atom. The molecule has 0 unspecified atom stereocenters. The molecule has 0 fully saturated rings. The molecule has 0 aliphatic carbocycles. The molecular weight excluding hydrogens is 147 g/mol. The van der Waals surface area contributed by atoms with Crippen LogP contribution < -0.4 is 5.43 Å². The van der Waals surface area contributed by atoms with Gasteiger partial charge in [-0.2, -0.15) is 0 Å². The van der Waals surface area contributed by atoms with E-state index in [4.69, 9.17) is 5.11 Å². The number of hydrogen-bond acceptors (Lipinski definition) is 2. The first-order chi connectivity index (χ1) is 5.11. The summed E-state index contributed by atoms with van der Waals surface area (Å²) < 4.78 is 12.6. The van der Waals surface area contributed by atoms with E-state index in [-0.39, 0.29) is 0 Å². The lowest BCUT2D eigenvalue weighted by molar-refractivity contribution is 0.464. The van der Waals surface area contributed by atoms with Gasteiger partial charge < -0.3 is 5.11 Å². The molecule has 11 heavy (non-hydrogen) atoms. The van der Waals surface area contributed by atoms with Crippen molar-refractivity contribution in [2.45, 2.75) is 6.92 Å². The summed E-state index contributed by atoms with van der Waals surface area (Å²) in [4.78, 5) is 10.7. The van der Waals surface area contributed by atoms with Crippen LogP contribution in [0.4, 0.5) is 4.39 Å². The Morgan fingerprint density at radius 2 is 2.09 bits per heavy atom. The highest BCUT2D eigenvalue weighted by molar-refractivity contribution is 5.23. The maximum absolute atomic E-state index is 12.6. The molecule has 0 bridgehead atoms. The molecule has 0 atom stereocenters. The summed E-state index contributed by atoms with van der Waals surface area (Å²) in [5, 5.41) is 8.83. The minimum Gasteiger partial charge on any atom is -0.504 e. The summed E-state index contributed by atoms with van der Waals surface area (Å²) in [5.41, 5.74) is -0.363. The fourth-order valence-electron chi connectivity index (χ4n) is 0.722. The summed E-state index contributed by atoms with van der Waals surface area (Å²) in [6, 6.07) is 3.74. The Hall–Kier alpha value is -1.38. The van der Waals surface area contributed by atoms with E-state index in [2.05, 4.69) is 0 Å². The fraction of sp³-hybridized carbons (Fsp3) is 0.125. The van der Waals surface area contributed by atoms with E-state index in [1.54, 1.807) is 6.92 Å². The highest BCUT2D eigenvalue weighted by atomic mass is 19.1. The minimum atomic E-state index is -0.960. The molecular formula is C8H7FO2. The molecule has 0 heterocycles. The van der Waals surface area contributed by atoms with Gasteiger partial charge in [-0.05, 0) is 24.6 Å². The van der Waals surface area contributed by atoms with Gasteiger partial charge in [-0.25, -0.2) is 4.39 Å². The minimum absolute atomic E-state index is 0.560. The zero-order valence-corrected chi connectivity index (χ0v) is 5.97. The number of hydrogen-bond donors (Lipinski definition) is 1. The predicted molar refractivity (Wildman–Crippen MR) is 39.1 cm³/mol. The maximum atomic E-state index is 12.6. The van der Waals surface area contributed by atoms with Crippen molar-refractivity contribution in [1.82, 2.24) is 0 Å². The summed E-state index contributed by atoms with van der Waals surface area (Å²) in [6.45, 7) is 1.64. The van der Waals surface area contributed by atoms with Crippen LogP contribution in [0.15, 0.2) is 23.0 Å². The molecule has 1 aromatic carbocycles. The van der Waals surface area contributed by atoms with E-state index >= 15 is 0 Å². The van der Waals surface area contributed by atoms with Crippen molar-refractivity contribution in [2.75, 3.05) is 0 Å². The number of halogens is 1. The van der Waals surface area contributed by atoms with Crippen molar-refractivity contribution < 1.29 is 9.50 Å². The zero-order valence-electron chi connectivity index (χ0n) is 5.97. The van der Waals surface area contributed by atoms with Crippen LogP contribution in [0.5, 0.6) is 5.75 Å². The van der Waals surface area contributed by atoms with Crippen LogP contribution in [0.25, 0.3) is 0 Å². The van der Waals surface area contributed by atoms with Crippen LogP contribution in [-0.4, -0.2) is 5.11 Å². The molecule has 0 aromatic heterocycles. The average Bonchev–Trinajstić information content (AvgIpc) is 2.05. The summed E-state index contributed by atoms with van der Waals surface area (Å²) >= 11 is 0. The summed E-state index contributed by atoms with van der Waals surface area (Å²) in [6.07, 6.45) is 0. The molecule has 1 N–H and O–H groups in total. The smallest absolute Gasteiger partial charge is 0.255 e. The highest BCUT2D eigenvalue weighted by Gasteiger charge is 2.00. The van der Waals surface area contributed by atoms with E-state index in [9.17, 15) is 9.18 Å². The largest absolute Gasteiger partial charge is 0.504 e.